The molecule has 1 aromatic rings. The highest BCUT2D eigenvalue weighted by Gasteiger charge is 2.27. The molecular formula is C12H16N2O2. The number of rotatable bonds is 2. The molecule has 16 heavy (non-hydrogen) atoms. The summed E-state index contributed by atoms with van der Waals surface area (Å²) in [4.78, 5) is 17.5. The summed E-state index contributed by atoms with van der Waals surface area (Å²) in [5, 5.41) is 0. The Bertz CT molecular complexity index is 375. The molecule has 0 radical (unpaired) electrons. The van der Waals surface area contributed by atoms with Gasteiger partial charge in [-0.1, -0.05) is 6.07 Å². The molecule has 0 aliphatic carbocycles. The van der Waals surface area contributed by atoms with Crippen molar-refractivity contribution in [1.82, 2.24) is 9.88 Å². The number of hydrogen-bond acceptors (Lipinski definition) is 3. The van der Waals surface area contributed by atoms with Crippen LogP contribution >= 0.6 is 0 Å². The van der Waals surface area contributed by atoms with Crippen molar-refractivity contribution in [1.29, 1.82) is 0 Å². The lowest BCUT2D eigenvalue weighted by Gasteiger charge is -2.23. The molecule has 0 aromatic carbocycles. The van der Waals surface area contributed by atoms with Crippen molar-refractivity contribution in [2.75, 3.05) is 13.7 Å². The topological polar surface area (TPSA) is 42.4 Å². The average Bonchev–Trinajstić information content (AvgIpc) is 2.78. The third-order valence-electron chi connectivity index (χ3n) is 3.01. The Kier molecular flexibility index (Phi) is 3.08. The lowest BCUT2D eigenvalue weighted by molar-refractivity contribution is -0.129. The van der Waals surface area contributed by atoms with E-state index < -0.39 is 0 Å². The number of aromatic nitrogens is 1. The molecule has 1 amide bonds. The van der Waals surface area contributed by atoms with Gasteiger partial charge in [-0.15, -0.1) is 0 Å². The summed E-state index contributed by atoms with van der Waals surface area (Å²) >= 11 is 0. The van der Waals surface area contributed by atoms with Gasteiger partial charge in [-0.3, -0.25) is 4.79 Å². The van der Waals surface area contributed by atoms with E-state index >= 15 is 0 Å². The van der Waals surface area contributed by atoms with Crippen molar-refractivity contribution in [2.24, 2.45) is 0 Å². The first-order chi connectivity index (χ1) is 7.72. The van der Waals surface area contributed by atoms with E-state index in [1.54, 1.807) is 20.2 Å². The van der Waals surface area contributed by atoms with Crippen molar-refractivity contribution >= 4 is 5.91 Å². The third kappa shape index (κ3) is 2.01. The summed E-state index contributed by atoms with van der Waals surface area (Å²) in [6.07, 6.45) is 3.88. The van der Waals surface area contributed by atoms with E-state index in [1.165, 1.54) is 0 Å². The summed E-state index contributed by atoms with van der Waals surface area (Å²) in [6, 6.07) is 4.01. The third-order valence-corrected chi connectivity index (χ3v) is 3.01. The van der Waals surface area contributed by atoms with Gasteiger partial charge in [0.2, 0.25) is 11.8 Å². The molecule has 1 saturated heterocycles. The van der Waals surface area contributed by atoms with Crippen LogP contribution in [0.15, 0.2) is 18.3 Å². The van der Waals surface area contributed by atoms with Gasteiger partial charge in [0.05, 0.1) is 13.2 Å². The highest BCUT2D eigenvalue weighted by atomic mass is 16.5. The molecule has 0 saturated carbocycles. The number of amides is 1. The van der Waals surface area contributed by atoms with Gasteiger partial charge in [-0.25, -0.2) is 4.98 Å². The van der Waals surface area contributed by atoms with Crippen LogP contribution in [-0.2, 0) is 4.79 Å². The van der Waals surface area contributed by atoms with Crippen LogP contribution in [0.25, 0.3) is 0 Å². The summed E-state index contributed by atoms with van der Waals surface area (Å²) in [6.45, 7) is 2.47. The second-order valence-electron chi connectivity index (χ2n) is 4.00. The van der Waals surface area contributed by atoms with E-state index in [0.717, 1.165) is 24.9 Å². The number of pyridine rings is 1. The molecule has 4 heteroatoms. The normalized spacial score (nSPS) is 19.9. The zero-order chi connectivity index (χ0) is 11.5. The van der Waals surface area contributed by atoms with E-state index in [-0.39, 0.29) is 11.9 Å². The fourth-order valence-electron chi connectivity index (χ4n) is 2.20. The number of ether oxygens (including phenoxy) is 1. The Balaban J connectivity index is 2.19. The van der Waals surface area contributed by atoms with Gasteiger partial charge in [-0.05, 0) is 18.4 Å². The summed E-state index contributed by atoms with van der Waals surface area (Å²) in [7, 11) is 1.60. The van der Waals surface area contributed by atoms with E-state index in [9.17, 15) is 4.79 Å². The van der Waals surface area contributed by atoms with Crippen molar-refractivity contribution in [3.63, 3.8) is 0 Å². The van der Waals surface area contributed by atoms with Crippen LogP contribution < -0.4 is 4.74 Å². The van der Waals surface area contributed by atoms with Crippen LogP contribution in [0, 0.1) is 0 Å². The standard InChI is InChI=1S/C12H16N2O2/c1-9(15)14-7-3-4-11(14)10-5-6-12(16-2)13-8-10/h5-6,8,11H,3-4,7H2,1-2H3/t11-/m0/s1. The largest absolute Gasteiger partial charge is 0.481 e. The molecule has 2 rings (SSSR count). The van der Waals surface area contributed by atoms with Gasteiger partial charge in [-0.2, -0.15) is 0 Å². The highest BCUT2D eigenvalue weighted by Crippen LogP contribution is 2.31. The lowest BCUT2D eigenvalue weighted by Crippen LogP contribution is -2.28. The maximum absolute atomic E-state index is 11.4. The van der Waals surface area contributed by atoms with E-state index in [0.29, 0.717) is 5.88 Å². The first-order valence-corrected chi connectivity index (χ1v) is 5.49. The Morgan fingerprint density at radius 3 is 2.94 bits per heavy atom. The van der Waals surface area contributed by atoms with Gasteiger partial charge < -0.3 is 9.64 Å². The van der Waals surface area contributed by atoms with Crippen LogP contribution in [0.5, 0.6) is 5.88 Å². The molecule has 1 aliphatic heterocycles. The molecule has 1 atom stereocenters. The zero-order valence-corrected chi connectivity index (χ0v) is 9.64. The van der Waals surface area contributed by atoms with Gasteiger partial charge >= 0.3 is 0 Å². The van der Waals surface area contributed by atoms with E-state index in [4.69, 9.17) is 4.74 Å². The van der Waals surface area contributed by atoms with Crippen molar-refractivity contribution < 1.29 is 9.53 Å². The highest BCUT2D eigenvalue weighted by molar-refractivity contribution is 5.74. The number of nitrogens with zero attached hydrogens (tertiary/aromatic N) is 2. The summed E-state index contributed by atoms with van der Waals surface area (Å²) in [5.41, 5.74) is 1.09. The van der Waals surface area contributed by atoms with Crippen LogP contribution in [0.3, 0.4) is 0 Å². The molecule has 1 aliphatic rings. The minimum Gasteiger partial charge on any atom is -0.481 e. The first kappa shape index (κ1) is 10.9. The first-order valence-electron chi connectivity index (χ1n) is 5.49. The van der Waals surface area contributed by atoms with Crippen LogP contribution in [-0.4, -0.2) is 29.4 Å². The molecule has 86 valence electrons. The van der Waals surface area contributed by atoms with Crippen molar-refractivity contribution in [2.45, 2.75) is 25.8 Å². The van der Waals surface area contributed by atoms with Crippen LogP contribution in [0.1, 0.15) is 31.4 Å². The summed E-state index contributed by atoms with van der Waals surface area (Å²) < 4.78 is 5.01. The average molecular weight is 220 g/mol. The zero-order valence-electron chi connectivity index (χ0n) is 9.64. The van der Waals surface area contributed by atoms with Crippen molar-refractivity contribution in [3.8, 4) is 5.88 Å². The molecule has 0 spiro atoms. The fraction of sp³-hybridized carbons (Fsp3) is 0.500. The second kappa shape index (κ2) is 4.51. The molecule has 0 bridgehead atoms. The maximum Gasteiger partial charge on any atom is 0.219 e. The van der Waals surface area contributed by atoms with Gasteiger partial charge in [0, 0.05) is 25.7 Å². The molecule has 1 fully saturated rings. The Hall–Kier alpha value is -1.58. The van der Waals surface area contributed by atoms with E-state index in [1.807, 2.05) is 17.0 Å². The van der Waals surface area contributed by atoms with Gasteiger partial charge in [0.25, 0.3) is 0 Å². The Morgan fingerprint density at radius 2 is 2.38 bits per heavy atom. The van der Waals surface area contributed by atoms with Gasteiger partial charge in [0.1, 0.15) is 0 Å². The van der Waals surface area contributed by atoms with Crippen LogP contribution in [0.4, 0.5) is 0 Å². The lowest BCUT2D eigenvalue weighted by atomic mass is 10.1. The molecule has 0 unspecified atom stereocenters. The van der Waals surface area contributed by atoms with Crippen molar-refractivity contribution in [3.05, 3.63) is 23.9 Å². The molecule has 1 aromatic heterocycles. The molecular weight excluding hydrogens is 204 g/mol. The predicted molar refractivity (Wildman–Crippen MR) is 60.2 cm³/mol. The Morgan fingerprint density at radius 1 is 1.56 bits per heavy atom. The fourth-order valence-corrected chi connectivity index (χ4v) is 2.20. The van der Waals surface area contributed by atoms with E-state index in [2.05, 4.69) is 4.98 Å². The molecule has 4 nitrogen and oxygen atoms in total. The SMILES string of the molecule is COc1ccc([C@@H]2CCCN2C(C)=O)cn1. The monoisotopic (exact) mass is 220 g/mol. The molecule has 2 heterocycles. The minimum atomic E-state index is 0.137. The predicted octanol–water partition coefficient (Wildman–Crippen LogP) is 1.77. The number of hydrogen-bond donors (Lipinski definition) is 0. The number of likely N-dealkylation sites (tertiary alicyclic amines) is 1. The quantitative estimate of drug-likeness (QED) is 0.763. The maximum atomic E-state index is 11.4. The van der Waals surface area contributed by atoms with Gasteiger partial charge in [0.15, 0.2) is 0 Å². The Labute approximate surface area is 95.2 Å². The molecule has 0 N–H and O–H groups in total. The minimum absolute atomic E-state index is 0.137. The van der Waals surface area contributed by atoms with Crippen LogP contribution in [0.2, 0.25) is 0 Å². The smallest absolute Gasteiger partial charge is 0.219 e. The summed E-state index contributed by atoms with van der Waals surface area (Å²) in [5.74, 6) is 0.745. The number of carbonyl (C=O) groups excluding carboxylic acids is 1. The second-order valence-corrected chi connectivity index (χ2v) is 4.00. The number of carbonyl (C=O) groups is 1. The number of methoxy groups -OCH3 is 1.